The minimum Gasteiger partial charge on any atom is -0.462 e. The Hall–Kier alpha value is -1.56. The molecule has 1 amide bonds. The molecule has 126 valence electrons. The van der Waals surface area contributed by atoms with Crippen LogP contribution in [0, 0.1) is 5.92 Å². The number of carbonyl (C=O) groups is 2. The first-order chi connectivity index (χ1) is 11.1. The summed E-state index contributed by atoms with van der Waals surface area (Å²) in [6.45, 7) is 4.27. The number of nitrogens with zero attached hydrogens (tertiary/aromatic N) is 1. The van der Waals surface area contributed by atoms with Gasteiger partial charge in [-0.05, 0) is 37.8 Å². The maximum atomic E-state index is 12.2. The zero-order chi connectivity index (χ0) is 16.7. The molecule has 0 aromatic carbocycles. The van der Waals surface area contributed by atoms with Gasteiger partial charge in [0.15, 0.2) is 0 Å². The van der Waals surface area contributed by atoms with Gasteiger partial charge < -0.3 is 10.1 Å². The molecule has 0 radical (unpaired) electrons. The highest BCUT2D eigenvalue weighted by molar-refractivity contribution is 8.00. The van der Waals surface area contributed by atoms with E-state index in [4.69, 9.17) is 4.74 Å². The van der Waals surface area contributed by atoms with Gasteiger partial charge in [0.2, 0.25) is 5.91 Å². The molecule has 6 heteroatoms. The molecule has 1 N–H and O–H groups in total. The summed E-state index contributed by atoms with van der Waals surface area (Å²) >= 11 is 1.28. The molecule has 5 nitrogen and oxygen atoms in total. The number of nitrogens with one attached hydrogen (secondary N) is 1. The first-order valence-electron chi connectivity index (χ1n) is 8.16. The van der Waals surface area contributed by atoms with E-state index in [2.05, 4.69) is 17.2 Å². The fourth-order valence-corrected chi connectivity index (χ4v) is 3.58. The van der Waals surface area contributed by atoms with Gasteiger partial charge in [0.25, 0.3) is 0 Å². The van der Waals surface area contributed by atoms with Gasteiger partial charge in [-0.3, -0.25) is 4.79 Å². The summed E-state index contributed by atoms with van der Waals surface area (Å²) in [6.07, 6.45) is 6.27. The van der Waals surface area contributed by atoms with E-state index in [9.17, 15) is 9.59 Å². The lowest BCUT2D eigenvalue weighted by Crippen LogP contribution is -2.41. The third-order valence-corrected chi connectivity index (χ3v) is 5.07. The summed E-state index contributed by atoms with van der Waals surface area (Å²) in [6, 6.07) is 3.64. The lowest BCUT2D eigenvalue weighted by Gasteiger charge is -2.29. The molecule has 2 unspecified atom stereocenters. The minimum absolute atomic E-state index is 0.00536. The fourth-order valence-electron chi connectivity index (χ4n) is 2.78. The predicted molar refractivity (Wildman–Crippen MR) is 90.5 cm³/mol. The standard InChI is InChI=1S/C17H24N2O3S/c1-3-22-17(21)13-8-6-10-18-16(13)23-11-15(20)19-14-9-5-4-7-12(14)2/h6,8,10,12,14H,3-5,7,9,11H2,1-2H3,(H,19,20). The Morgan fingerprint density at radius 2 is 2.17 bits per heavy atom. The summed E-state index contributed by atoms with van der Waals surface area (Å²) in [7, 11) is 0. The number of hydrogen-bond donors (Lipinski definition) is 1. The predicted octanol–water partition coefficient (Wildman–Crippen LogP) is 3.05. The van der Waals surface area contributed by atoms with Gasteiger partial charge in [0.05, 0.1) is 17.9 Å². The van der Waals surface area contributed by atoms with Crippen LogP contribution in [0.4, 0.5) is 0 Å². The molecule has 0 spiro atoms. The van der Waals surface area contributed by atoms with E-state index in [1.807, 2.05) is 0 Å². The van der Waals surface area contributed by atoms with Crippen molar-refractivity contribution in [2.45, 2.75) is 50.6 Å². The molecule has 1 aromatic heterocycles. The number of thioether (sulfide) groups is 1. The van der Waals surface area contributed by atoms with Crippen LogP contribution in [-0.2, 0) is 9.53 Å². The van der Waals surface area contributed by atoms with Crippen LogP contribution in [0.1, 0.15) is 49.9 Å². The SMILES string of the molecule is CCOC(=O)c1cccnc1SCC(=O)NC1CCCCC1C. The van der Waals surface area contributed by atoms with Crippen LogP contribution in [0.25, 0.3) is 0 Å². The Morgan fingerprint density at radius 1 is 1.39 bits per heavy atom. The number of aromatic nitrogens is 1. The quantitative estimate of drug-likeness (QED) is 0.639. The van der Waals surface area contributed by atoms with Crippen LogP contribution in [0.3, 0.4) is 0 Å². The summed E-state index contributed by atoms with van der Waals surface area (Å²) in [5, 5.41) is 3.65. The van der Waals surface area contributed by atoms with Crippen LogP contribution in [-0.4, -0.2) is 35.3 Å². The third-order valence-electron chi connectivity index (χ3n) is 4.06. The Morgan fingerprint density at radius 3 is 2.91 bits per heavy atom. The van der Waals surface area contributed by atoms with Crippen LogP contribution in [0.5, 0.6) is 0 Å². The summed E-state index contributed by atoms with van der Waals surface area (Å²) in [5.41, 5.74) is 0.415. The Kier molecular flexibility index (Phi) is 6.89. The molecule has 0 saturated heterocycles. The Labute approximate surface area is 141 Å². The van der Waals surface area contributed by atoms with Crippen LogP contribution in [0.2, 0.25) is 0 Å². The van der Waals surface area contributed by atoms with E-state index in [1.165, 1.54) is 31.0 Å². The number of carbonyl (C=O) groups excluding carboxylic acids is 2. The topological polar surface area (TPSA) is 68.3 Å². The van der Waals surface area contributed by atoms with Crippen molar-refractivity contribution in [3.63, 3.8) is 0 Å². The van der Waals surface area contributed by atoms with E-state index >= 15 is 0 Å². The van der Waals surface area contributed by atoms with E-state index in [0.29, 0.717) is 23.1 Å². The lowest BCUT2D eigenvalue weighted by atomic mass is 9.86. The van der Waals surface area contributed by atoms with Crippen molar-refractivity contribution in [1.29, 1.82) is 0 Å². The number of amides is 1. The largest absolute Gasteiger partial charge is 0.462 e. The zero-order valence-electron chi connectivity index (χ0n) is 13.7. The molecule has 1 saturated carbocycles. The van der Waals surface area contributed by atoms with Crippen molar-refractivity contribution in [3.05, 3.63) is 23.9 Å². The normalized spacial score (nSPS) is 20.8. The molecule has 2 rings (SSSR count). The second kappa shape index (κ2) is 8.91. The van der Waals surface area contributed by atoms with Gasteiger partial charge in [-0.1, -0.05) is 31.5 Å². The van der Waals surface area contributed by atoms with Crippen LogP contribution >= 0.6 is 11.8 Å². The lowest BCUT2D eigenvalue weighted by molar-refractivity contribution is -0.119. The average molecular weight is 336 g/mol. The first kappa shape index (κ1) is 17.8. The number of pyridine rings is 1. The smallest absolute Gasteiger partial charge is 0.340 e. The first-order valence-corrected chi connectivity index (χ1v) is 9.14. The summed E-state index contributed by atoms with van der Waals surface area (Å²) in [5.74, 6) is 0.383. The van der Waals surface area contributed by atoms with Crippen LogP contribution < -0.4 is 5.32 Å². The molecular weight excluding hydrogens is 312 g/mol. The van der Waals surface area contributed by atoms with Gasteiger partial charge >= 0.3 is 5.97 Å². The maximum absolute atomic E-state index is 12.2. The van der Waals surface area contributed by atoms with Crippen molar-refractivity contribution in [2.24, 2.45) is 5.92 Å². The number of hydrogen-bond acceptors (Lipinski definition) is 5. The van der Waals surface area contributed by atoms with Crippen molar-refractivity contribution < 1.29 is 14.3 Å². The summed E-state index contributed by atoms with van der Waals surface area (Å²) < 4.78 is 5.02. The van der Waals surface area contributed by atoms with Crippen molar-refractivity contribution in [1.82, 2.24) is 10.3 Å². The number of esters is 1. The summed E-state index contributed by atoms with van der Waals surface area (Å²) in [4.78, 5) is 28.3. The van der Waals surface area contributed by atoms with E-state index < -0.39 is 5.97 Å². The number of rotatable bonds is 6. The van der Waals surface area contributed by atoms with Crippen molar-refractivity contribution in [3.8, 4) is 0 Å². The minimum atomic E-state index is -0.399. The molecule has 1 heterocycles. The van der Waals surface area contributed by atoms with Crippen molar-refractivity contribution >= 4 is 23.6 Å². The molecule has 0 bridgehead atoms. The fraction of sp³-hybridized carbons (Fsp3) is 0.588. The van der Waals surface area contributed by atoms with E-state index in [1.54, 1.807) is 25.3 Å². The molecule has 1 aromatic rings. The molecule has 1 aliphatic carbocycles. The molecular formula is C17H24N2O3S. The molecule has 1 aliphatic rings. The molecule has 0 aliphatic heterocycles. The monoisotopic (exact) mass is 336 g/mol. The Balaban J connectivity index is 1.90. The second-order valence-corrected chi connectivity index (χ2v) is 6.77. The number of ether oxygens (including phenoxy) is 1. The van der Waals surface area contributed by atoms with Gasteiger partial charge in [-0.2, -0.15) is 0 Å². The van der Waals surface area contributed by atoms with Gasteiger partial charge in [-0.25, -0.2) is 9.78 Å². The molecule has 2 atom stereocenters. The van der Waals surface area contributed by atoms with Crippen molar-refractivity contribution in [2.75, 3.05) is 12.4 Å². The zero-order valence-corrected chi connectivity index (χ0v) is 14.5. The second-order valence-electron chi connectivity index (χ2n) is 5.80. The van der Waals surface area contributed by atoms with Gasteiger partial charge in [0, 0.05) is 12.2 Å². The Bertz CT molecular complexity index is 550. The van der Waals surface area contributed by atoms with E-state index in [0.717, 1.165) is 6.42 Å². The van der Waals surface area contributed by atoms with E-state index in [-0.39, 0.29) is 17.7 Å². The molecule has 23 heavy (non-hydrogen) atoms. The van der Waals surface area contributed by atoms with Gasteiger partial charge in [-0.15, -0.1) is 0 Å². The highest BCUT2D eigenvalue weighted by Crippen LogP contribution is 2.24. The van der Waals surface area contributed by atoms with Gasteiger partial charge in [0.1, 0.15) is 5.03 Å². The third kappa shape index (κ3) is 5.23. The average Bonchev–Trinajstić information content (AvgIpc) is 2.55. The highest BCUT2D eigenvalue weighted by atomic mass is 32.2. The maximum Gasteiger partial charge on any atom is 0.340 e. The highest BCUT2D eigenvalue weighted by Gasteiger charge is 2.23. The van der Waals surface area contributed by atoms with Crippen LogP contribution in [0.15, 0.2) is 23.4 Å². The molecule has 1 fully saturated rings.